The van der Waals surface area contributed by atoms with Crippen molar-refractivity contribution < 1.29 is 28.6 Å². The second-order valence-corrected chi connectivity index (χ2v) is 18.5. The van der Waals surface area contributed by atoms with Crippen molar-refractivity contribution in [1.82, 2.24) is 0 Å². The predicted molar refractivity (Wildman–Crippen MR) is 284 cm³/mol. The van der Waals surface area contributed by atoms with Gasteiger partial charge in [0.25, 0.3) is 0 Å². The summed E-state index contributed by atoms with van der Waals surface area (Å²) in [5.74, 6) is -0.887. The molecule has 0 aliphatic heterocycles. The Morgan fingerprint density at radius 1 is 0.318 bits per heavy atom. The number of hydrogen-bond acceptors (Lipinski definition) is 6. The third-order valence-corrected chi connectivity index (χ3v) is 11.9. The molecule has 0 amide bonds. The highest BCUT2D eigenvalue weighted by Crippen LogP contribution is 2.15. The highest BCUT2D eigenvalue weighted by Gasteiger charge is 2.19. The lowest BCUT2D eigenvalue weighted by Crippen LogP contribution is -2.30. The highest BCUT2D eigenvalue weighted by molar-refractivity contribution is 5.71. The van der Waals surface area contributed by atoms with Crippen molar-refractivity contribution in [3.63, 3.8) is 0 Å². The first-order valence-electron chi connectivity index (χ1n) is 27.9. The molecule has 66 heavy (non-hydrogen) atoms. The molecule has 380 valence electrons. The summed E-state index contributed by atoms with van der Waals surface area (Å²) in [5.41, 5.74) is 0. The lowest BCUT2D eigenvalue weighted by atomic mass is 10.0. The fourth-order valence-corrected chi connectivity index (χ4v) is 7.76. The molecule has 0 heterocycles. The molecule has 0 radical (unpaired) electrons. The van der Waals surface area contributed by atoms with Crippen LogP contribution in [-0.2, 0) is 28.6 Å². The monoisotopic (exact) mass is 921 g/mol. The van der Waals surface area contributed by atoms with Gasteiger partial charge in [-0.2, -0.15) is 0 Å². The number of ether oxygens (including phenoxy) is 3. The quantitative estimate of drug-likeness (QED) is 0.0262. The molecule has 0 aromatic carbocycles. The van der Waals surface area contributed by atoms with Crippen LogP contribution in [0.1, 0.15) is 271 Å². The molecular formula is C60H104O6. The van der Waals surface area contributed by atoms with Gasteiger partial charge in [-0.1, -0.05) is 235 Å². The summed E-state index contributed by atoms with van der Waals surface area (Å²) in [6.45, 7) is 6.48. The van der Waals surface area contributed by atoms with Crippen LogP contribution in [0, 0.1) is 0 Å². The van der Waals surface area contributed by atoms with E-state index in [1.807, 2.05) is 0 Å². The number of allylic oxidation sites excluding steroid dienone is 12. The number of carbonyl (C=O) groups excluding carboxylic acids is 3. The van der Waals surface area contributed by atoms with Crippen LogP contribution >= 0.6 is 0 Å². The molecule has 0 aromatic heterocycles. The largest absolute Gasteiger partial charge is 0.462 e. The van der Waals surface area contributed by atoms with Crippen molar-refractivity contribution in [1.29, 1.82) is 0 Å². The van der Waals surface area contributed by atoms with Crippen molar-refractivity contribution in [3.8, 4) is 0 Å². The number of hydrogen-bond donors (Lipinski definition) is 0. The van der Waals surface area contributed by atoms with Gasteiger partial charge >= 0.3 is 17.9 Å². The summed E-state index contributed by atoms with van der Waals surface area (Å²) in [5, 5.41) is 0. The molecule has 6 nitrogen and oxygen atoms in total. The third-order valence-electron chi connectivity index (χ3n) is 11.9. The van der Waals surface area contributed by atoms with E-state index in [2.05, 4.69) is 93.7 Å². The lowest BCUT2D eigenvalue weighted by molar-refractivity contribution is -0.167. The Morgan fingerprint density at radius 2 is 0.591 bits per heavy atom. The van der Waals surface area contributed by atoms with E-state index >= 15 is 0 Å². The van der Waals surface area contributed by atoms with E-state index in [1.54, 1.807) is 0 Å². The van der Waals surface area contributed by atoms with Gasteiger partial charge in [-0.05, 0) is 89.9 Å². The van der Waals surface area contributed by atoms with E-state index in [9.17, 15) is 14.4 Å². The number of carbonyl (C=O) groups is 3. The summed E-state index contributed by atoms with van der Waals surface area (Å²) in [6.07, 6.45) is 69.0. The van der Waals surface area contributed by atoms with Crippen LogP contribution in [0.15, 0.2) is 72.9 Å². The van der Waals surface area contributed by atoms with E-state index in [0.29, 0.717) is 19.3 Å². The molecule has 0 fully saturated rings. The van der Waals surface area contributed by atoms with Crippen LogP contribution in [0.4, 0.5) is 0 Å². The van der Waals surface area contributed by atoms with Crippen molar-refractivity contribution in [3.05, 3.63) is 72.9 Å². The Hall–Kier alpha value is -3.15. The molecular weight excluding hydrogens is 817 g/mol. The van der Waals surface area contributed by atoms with E-state index in [-0.39, 0.29) is 31.1 Å². The molecule has 0 saturated heterocycles. The summed E-state index contributed by atoms with van der Waals surface area (Å²) in [7, 11) is 0. The Morgan fingerprint density at radius 3 is 0.970 bits per heavy atom. The van der Waals surface area contributed by atoms with Crippen molar-refractivity contribution in [2.24, 2.45) is 0 Å². The normalized spacial score (nSPS) is 12.6. The molecule has 1 atom stereocenters. The van der Waals surface area contributed by atoms with Crippen molar-refractivity contribution >= 4 is 17.9 Å². The molecule has 0 N–H and O–H groups in total. The number of esters is 3. The van der Waals surface area contributed by atoms with Gasteiger partial charge in [0.05, 0.1) is 0 Å². The van der Waals surface area contributed by atoms with Gasteiger partial charge in [0.2, 0.25) is 0 Å². The minimum absolute atomic E-state index is 0.0770. The maximum absolute atomic E-state index is 12.8. The van der Waals surface area contributed by atoms with Crippen LogP contribution in [-0.4, -0.2) is 37.2 Å². The van der Waals surface area contributed by atoms with Crippen LogP contribution in [0.2, 0.25) is 0 Å². The van der Waals surface area contributed by atoms with Gasteiger partial charge in [-0.15, -0.1) is 0 Å². The van der Waals surface area contributed by atoms with Gasteiger partial charge in [0, 0.05) is 19.3 Å². The van der Waals surface area contributed by atoms with Crippen molar-refractivity contribution in [2.75, 3.05) is 13.2 Å². The molecule has 0 aromatic rings. The van der Waals surface area contributed by atoms with E-state index in [1.165, 1.54) is 128 Å². The van der Waals surface area contributed by atoms with Gasteiger partial charge in [-0.3, -0.25) is 14.4 Å². The van der Waals surface area contributed by atoms with E-state index in [4.69, 9.17) is 14.2 Å². The fraction of sp³-hybridized carbons (Fsp3) is 0.750. The first-order chi connectivity index (χ1) is 32.5. The number of unbranched alkanes of at least 4 members (excludes halogenated alkanes) is 27. The Labute approximate surface area is 408 Å². The maximum atomic E-state index is 12.8. The molecule has 0 rings (SSSR count). The summed E-state index contributed by atoms with van der Waals surface area (Å²) < 4.78 is 16.8. The fourth-order valence-electron chi connectivity index (χ4n) is 7.76. The van der Waals surface area contributed by atoms with Crippen LogP contribution in [0.5, 0.6) is 0 Å². The standard InChI is InChI=1S/C60H104O6/c1-4-7-10-13-16-19-21-23-24-25-26-27-28-29-30-31-32-33-34-35-36-37-39-41-44-47-50-53-59(62)65-56-57(55-64-58(61)52-49-46-43-40-18-15-12-9-6-3)66-60(63)54-51-48-45-42-38-22-20-17-14-11-8-5-2/h7,10,16-17,19-20,23-24,26-27,29-30,57H,4-6,8-9,11-15,18,21-22,25,28,31-56H2,1-3H3/b10-7-,19-16-,20-17-,24-23-,27-26-,30-29-. The summed E-state index contributed by atoms with van der Waals surface area (Å²) in [4.78, 5) is 37.9. The van der Waals surface area contributed by atoms with Gasteiger partial charge in [0.1, 0.15) is 13.2 Å². The van der Waals surface area contributed by atoms with Gasteiger partial charge in [0.15, 0.2) is 6.10 Å². The lowest BCUT2D eigenvalue weighted by Gasteiger charge is -2.18. The van der Waals surface area contributed by atoms with Crippen LogP contribution in [0.3, 0.4) is 0 Å². The molecule has 0 saturated carbocycles. The molecule has 0 aliphatic carbocycles. The Balaban J connectivity index is 4.17. The zero-order valence-electron chi connectivity index (χ0n) is 43.4. The SMILES string of the molecule is CC/C=C\C/C=C\C/C=C\C/C=C\C/C=C\CCCCCCCCCCCCCC(=O)OCC(COC(=O)CCCCCCCCCCC)OC(=O)CCCCCCC/C=C\CCCCC. The van der Waals surface area contributed by atoms with Crippen LogP contribution in [0.25, 0.3) is 0 Å². The average molecular weight is 921 g/mol. The molecule has 0 aliphatic rings. The Kier molecular flexibility index (Phi) is 51.9. The first-order valence-corrected chi connectivity index (χ1v) is 27.9. The highest BCUT2D eigenvalue weighted by atomic mass is 16.6. The second-order valence-electron chi connectivity index (χ2n) is 18.5. The first kappa shape index (κ1) is 62.8. The summed E-state index contributed by atoms with van der Waals surface area (Å²) >= 11 is 0. The van der Waals surface area contributed by atoms with E-state index < -0.39 is 6.10 Å². The Bertz CT molecular complexity index is 1240. The van der Waals surface area contributed by atoms with Crippen LogP contribution < -0.4 is 0 Å². The average Bonchev–Trinajstić information content (AvgIpc) is 3.31. The zero-order valence-corrected chi connectivity index (χ0v) is 43.4. The topological polar surface area (TPSA) is 78.9 Å². The predicted octanol–water partition coefficient (Wildman–Crippen LogP) is 18.6. The molecule has 0 spiro atoms. The van der Waals surface area contributed by atoms with E-state index in [0.717, 1.165) is 103 Å². The minimum atomic E-state index is -0.776. The minimum Gasteiger partial charge on any atom is -0.462 e. The smallest absolute Gasteiger partial charge is 0.306 e. The van der Waals surface area contributed by atoms with Gasteiger partial charge in [-0.25, -0.2) is 0 Å². The zero-order chi connectivity index (χ0) is 47.9. The number of rotatable bonds is 50. The molecule has 0 bridgehead atoms. The summed E-state index contributed by atoms with van der Waals surface area (Å²) in [6, 6.07) is 0. The molecule has 6 heteroatoms. The van der Waals surface area contributed by atoms with Gasteiger partial charge < -0.3 is 14.2 Å². The maximum Gasteiger partial charge on any atom is 0.306 e. The second kappa shape index (κ2) is 54.5. The molecule has 1 unspecified atom stereocenters. The van der Waals surface area contributed by atoms with Crippen molar-refractivity contribution in [2.45, 2.75) is 277 Å². The third kappa shape index (κ3) is 51.8.